The summed E-state index contributed by atoms with van der Waals surface area (Å²) in [6.07, 6.45) is -1.08. The van der Waals surface area contributed by atoms with Crippen LogP contribution in [0.3, 0.4) is 0 Å². The summed E-state index contributed by atoms with van der Waals surface area (Å²) in [6.45, 7) is 1.92. The van der Waals surface area contributed by atoms with Gasteiger partial charge in [-0.05, 0) is 24.6 Å². The van der Waals surface area contributed by atoms with Gasteiger partial charge in [-0.3, -0.25) is 0 Å². The molecule has 0 aliphatic heterocycles. The Balaban J connectivity index is 2.69. The van der Waals surface area contributed by atoms with E-state index in [-0.39, 0.29) is 13.0 Å². The van der Waals surface area contributed by atoms with Gasteiger partial charge in [-0.15, -0.1) is 0 Å². The van der Waals surface area contributed by atoms with Gasteiger partial charge in [-0.1, -0.05) is 29.3 Å². The lowest BCUT2D eigenvalue weighted by Crippen LogP contribution is -2.25. The molecule has 1 rings (SSSR count). The second kappa shape index (κ2) is 6.09. The molecule has 1 N–H and O–H groups in total. The molecule has 0 amide bonds. The van der Waals surface area contributed by atoms with Gasteiger partial charge in [0.1, 0.15) is 0 Å². The third kappa shape index (κ3) is 3.67. The molecule has 16 heavy (non-hydrogen) atoms. The number of aliphatic hydroxyl groups is 1. The van der Waals surface area contributed by atoms with Crippen LogP contribution in [-0.2, 0) is 16.0 Å². The van der Waals surface area contributed by atoms with E-state index in [9.17, 15) is 9.90 Å². The zero-order chi connectivity index (χ0) is 12.1. The number of hydrogen-bond acceptors (Lipinski definition) is 3. The number of hydrogen-bond donors (Lipinski definition) is 1. The Morgan fingerprint density at radius 1 is 1.50 bits per heavy atom. The molecular formula is C11H12Cl2O3. The van der Waals surface area contributed by atoms with Gasteiger partial charge in [0.2, 0.25) is 0 Å². The molecule has 0 spiro atoms. The van der Waals surface area contributed by atoms with Crippen LogP contribution in [0.5, 0.6) is 0 Å². The number of benzene rings is 1. The predicted octanol–water partition coefficient (Wildman–Crippen LogP) is 2.46. The molecule has 1 unspecified atom stereocenters. The molecule has 0 heterocycles. The number of carbonyl (C=O) groups excluding carboxylic acids is 1. The summed E-state index contributed by atoms with van der Waals surface area (Å²) in [5.74, 6) is -0.645. The number of rotatable bonds is 4. The normalized spacial score (nSPS) is 12.2. The maximum absolute atomic E-state index is 11.2. The molecule has 1 aromatic rings. The fourth-order valence-electron chi connectivity index (χ4n) is 1.22. The molecule has 0 aliphatic rings. The fourth-order valence-corrected chi connectivity index (χ4v) is 1.70. The van der Waals surface area contributed by atoms with Gasteiger partial charge in [0, 0.05) is 16.5 Å². The van der Waals surface area contributed by atoms with Crippen LogP contribution >= 0.6 is 23.2 Å². The van der Waals surface area contributed by atoms with Crippen molar-refractivity contribution in [3.63, 3.8) is 0 Å². The molecule has 0 bridgehead atoms. The second-order valence-corrected chi connectivity index (χ2v) is 4.05. The SMILES string of the molecule is CCOC(=O)C(O)Cc1ccc(Cl)cc1Cl. The standard InChI is InChI=1S/C11H12Cl2O3/c1-2-16-11(15)10(14)5-7-3-4-8(12)6-9(7)13/h3-4,6,10,14H,2,5H2,1H3. The highest BCUT2D eigenvalue weighted by atomic mass is 35.5. The minimum absolute atomic E-state index is 0.120. The van der Waals surface area contributed by atoms with Crippen LogP contribution in [0.4, 0.5) is 0 Å². The Morgan fingerprint density at radius 3 is 2.75 bits per heavy atom. The van der Waals surface area contributed by atoms with E-state index in [2.05, 4.69) is 4.74 Å². The Labute approximate surface area is 104 Å². The minimum Gasteiger partial charge on any atom is -0.464 e. The molecule has 0 saturated heterocycles. The van der Waals surface area contributed by atoms with Crippen molar-refractivity contribution < 1.29 is 14.6 Å². The van der Waals surface area contributed by atoms with E-state index in [4.69, 9.17) is 23.2 Å². The van der Waals surface area contributed by atoms with E-state index in [0.29, 0.717) is 15.6 Å². The third-order valence-electron chi connectivity index (χ3n) is 1.99. The average molecular weight is 263 g/mol. The monoisotopic (exact) mass is 262 g/mol. The Bertz CT molecular complexity index is 379. The van der Waals surface area contributed by atoms with Crippen molar-refractivity contribution in [2.24, 2.45) is 0 Å². The summed E-state index contributed by atoms with van der Waals surface area (Å²) >= 11 is 11.6. The van der Waals surface area contributed by atoms with Gasteiger partial charge in [0.05, 0.1) is 6.61 Å². The zero-order valence-electron chi connectivity index (χ0n) is 8.74. The van der Waals surface area contributed by atoms with Gasteiger partial charge in [0.25, 0.3) is 0 Å². The van der Waals surface area contributed by atoms with E-state index in [1.54, 1.807) is 25.1 Å². The van der Waals surface area contributed by atoms with Crippen molar-refractivity contribution in [1.82, 2.24) is 0 Å². The molecule has 0 fully saturated rings. The van der Waals surface area contributed by atoms with Crippen LogP contribution in [0, 0.1) is 0 Å². The number of ether oxygens (including phenoxy) is 1. The molecular weight excluding hydrogens is 251 g/mol. The van der Waals surface area contributed by atoms with Gasteiger partial charge in [-0.2, -0.15) is 0 Å². The lowest BCUT2D eigenvalue weighted by molar-refractivity contribution is -0.152. The molecule has 0 saturated carbocycles. The summed E-state index contributed by atoms with van der Waals surface area (Å²) in [6, 6.07) is 4.89. The summed E-state index contributed by atoms with van der Waals surface area (Å²) < 4.78 is 4.68. The zero-order valence-corrected chi connectivity index (χ0v) is 10.3. The minimum atomic E-state index is -1.20. The van der Waals surface area contributed by atoms with Crippen molar-refractivity contribution >= 4 is 29.2 Å². The lowest BCUT2D eigenvalue weighted by Gasteiger charge is -2.10. The number of esters is 1. The fraction of sp³-hybridized carbons (Fsp3) is 0.364. The Kier molecular flexibility index (Phi) is 5.06. The number of halogens is 2. The largest absolute Gasteiger partial charge is 0.464 e. The first-order chi connectivity index (χ1) is 7.54. The van der Waals surface area contributed by atoms with Gasteiger partial charge in [0.15, 0.2) is 6.10 Å². The van der Waals surface area contributed by atoms with Crippen molar-refractivity contribution in [2.75, 3.05) is 6.61 Å². The van der Waals surface area contributed by atoms with Crippen LogP contribution in [0.25, 0.3) is 0 Å². The first kappa shape index (κ1) is 13.3. The summed E-state index contributed by atoms with van der Waals surface area (Å²) in [4.78, 5) is 11.2. The van der Waals surface area contributed by atoms with Crippen LogP contribution in [0.2, 0.25) is 10.0 Å². The Hall–Kier alpha value is -0.770. The number of carbonyl (C=O) groups is 1. The van der Waals surface area contributed by atoms with E-state index >= 15 is 0 Å². The van der Waals surface area contributed by atoms with Gasteiger partial charge >= 0.3 is 5.97 Å². The molecule has 1 atom stereocenters. The highest BCUT2D eigenvalue weighted by Crippen LogP contribution is 2.22. The van der Waals surface area contributed by atoms with E-state index in [0.717, 1.165) is 0 Å². The van der Waals surface area contributed by atoms with Crippen LogP contribution < -0.4 is 0 Å². The topological polar surface area (TPSA) is 46.5 Å². The molecule has 1 aromatic carbocycles. The molecule has 3 nitrogen and oxygen atoms in total. The molecule has 0 aliphatic carbocycles. The Morgan fingerprint density at radius 2 is 2.19 bits per heavy atom. The first-order valence-electron chi connectivity index (χ1n) is 4.83. The van der Waals surface area contributed by atoms with Crippen LogP contribution in [-0.4, -0.2) is 23.8 Å². The molecule has 5 heteroatoms. The van der Waals surface area contributed by atoms with Crippen molar-refractivity contribution in [1.29, 1.82) is 0 Å². The maximum atomic E-state index is 11.2. The maximum Gasteiger partial charge on any atom is 0.335 e. The van der Waals surface area contributed by atoms with Crippen LogP contribution in [0.15, 0.2) is 18.2 Å². The van der Waals surface area contributed by atoms with Crippen molar-refractivity contribution in [3.8, 4) is 0 Å². The predicted molar refractivity (Wildman–Crippen MR) is 62.8 cm³/mol. The summed E-state index contributed by atoms with van der Waals surface area (Å²) in [5, 5.41) is 10.5. The molecule has 0 radical (unpaired) electrons. The van der Waals surface area contributed by atoms with E-state index in [1.165, 1.54) is 0 Å². The summed E-state index contributed by atoms with van der Waals surface area (Å²) in [7, 11) is 0. The third-order valence-corrected chi connectivity index (χ3v) is 2.57. The smallest absolute Gasteiger partial charge is 0.335 e. The highest BCUT2D eigenvalue weighted by Gasteiger charge is 2.17. The highest BCUT2D eigenvalue weighted by molar-refractivity contribution is 6.35. The van der Waals surface area contributed by atoms with Crippen molar-refractivity contribution in [2.45, 2.75) is 19.4 Å². The summed E-state index contributed by atoms with van der Waals surface area (Å²) in [5.41, 5.74) is 0.659. The first-order valence-corrected chi connectivity index (χ1v) is 5.58. The van der Waals surface area contributed by atoms with E-state index < -0.39 is 12.1 Å². The average Bonchev–Trinajstić information content (AvgIpc) is 2.22. The lowest BCUT2D eigenvalue weighted by atomic mass is 10.1. The molecule has 0 aromatic heterocycles. The van der Waals surface area contributed by atoms with Gasteiger partial charge < -0.3 is 9.84 Å². The van der Waals surface area contributed by atoms with Crippen LogP contribution in [0.1, 0.15) is 12.5 Å². The van der Waals surface area contributed by atoms with Gasteiger partial charge in [-0.25, -0.2) is 4.79 Å². The van der Waals surface area contributed by atoms with Crippen molar-refractivity contribution in [3.05, 3.63) is 33.8 Å². The second-order valence-electron chi connectivity index (χ2n) is 3.21. The quantitative estimate of drug-likeness (QED) is 0.849. The van der Waals surface area contributed by atoms with E-state index in [1.807, 2.05) is 0 Å². The number of aliphatic hydroxyl groups excluding tert-OH is 1. The molecule has 88 valence electrons.